The van der Waals surface area contributed by atoms with Gasteiger partial charge in [-0.05, 0) is 19.3 Å². The van der Waals surface area contributed by atoms with E-state index in [2.05, 4.69) is 21.9 Å². The molecule has 0 aliphatic rings. The smallest absolute Gasteiger partial charge is 0.348 e. The predicted octanol–water partition coefficient (Wildman–Crippen LogP) is 9.94. The first-order chi connectivity index (χ1) is 21.7. The lowest BCUT2D eigenvalue weighted by Gasteiger charge is -2.30. The number of ketones is 1. The van der Waals surface area contributed by atoms with Gasteiger partial charge in [-0.3, -0.25) is 4.79 Å². The fraction of sp³-hybridized carbons (Fsp3) is 0.818. The molecule has 2 aromatic rings. The van der Waals surface area contributed by atoms with Crippen molar-refractivity contribution < 1.29 is 18.7 Å². The Labute approximate surface area is 280 Å². The minimum absolute atomic E-state index is 0.0925. The number of Topliss-reactive ketones (excluding diaryl/α,β-unsaturated/α-hetero) is 1. The van der Waals surface area contributed by atoms with Crippen LogP contribution in [-0.4, -0.2) is 48.3 Å². The topological polar surface area (TPSA) is 130 Å². The van der Waals surface area contributed by atoms with Crippen LogP contribution in [0.25, 0.3) is 11.2 Å². The van der Waals surface area contributed by atoms with Crippen molar-refractivity contribution in [1.82, 2.24) is 19.5 Å². The lowest BCUT2D eigenvalue weighted by atomic mass is 10.0. The molecular formula is C33H58N5O4PS2. The van der Waals surface area contributed by atoms with Gasteiger partial charge in [0.05, 0.1) is 19.0 Å². The van der Waals surface area contributed by atoms with E-state index in [0.717, 1.165) is 5.75 Å². The molecule has 9 nitrogen and oxygen atoms in total. The number of nitrogens with zero attached hydrogens (tertiary/aromatic N) is 4. The van der Waals surface area contributed by atoms with E-state index >= 15 is 0 Å². The van der Waals surface area contributed by atoms with Crippen molar-refractivity contribution in [1.29, 1.82) is 0 Å². The molecule has 2 heterocycles. The number of rotatable bonds is 28. The lowest BCUT2D eigenvalue weighted by Crippen LogP contribution is -2.36. The van der Waals surface area contributed by atoms with E-state index in [9.17, 15) is 13.9 Å². The maximum atomic E-state index is 12.9. The van der Waals surface area contributed by atoms with Crippen LogP contribution in [0, 0.1) is 5.92 Å². The van der Waals surface area contributed by atoms with Gasteiger partial charge in [-0.2, -0.15) is 0 Å². The molecular weight excluding hydrogens is 626 g/mol. The lowest BCUT2D eigenvalue weighted by molar-refractivity contribution is -0.126. The molecule has 2 aromatic heterocycles. The Morgan fingerprint density at radius 2 is 1.47 bits per heavy atom. The van der Waals surface area contributed by atoms with Crippen LogP contribution < -0.4 is 5.73 Å². The van der Waals surface area contributed by atoms with Crippen molar-refractivity contribution in [3.63, 3.8) is 0 Å². The second kappa shape index (κ2) is 23.0. The van der Waals surface area contributed by atoms with Gasteiger partial charge in [0.1, 0.15) is 17.6 Å². The van der Waals surface area contributed by atoms with Crippen molar-refractivity contribution in [2.24, 2.45) is 5.92 Å². The van der Waals surface area contributed by atoms with Crippen LogP contribution in [-0.2, 0) is 25.2 Å². The van der Waals surface area contributed by atoms with E-state index in [0.29, 0.717) is 29.9 Å². The minimum Gasteiger partial charge on any atom is -0.382 e. The van der Waals surface area contributed by atoms with Gasteiger partial charge < -0.3 is 15.0 Å². The second-order valence-electron chi connectivity index (χ2n) is 12.8. The summed E-state index contributed by atoms with van der Waals surface area (Å²) in [5, 5.41) is -1.55. The Bertz CT molecular complexity index is 1170. The molecule has 2 rings (SSSR count). The molecule has 45 heavy (non-hydrogen) atoms. The van der Waals surface area contributed by atoms with Gasteiger partial charge in [0, 0.05) is 30.8 Å². The summed E-state index contributed by atoms with van der Waals surface area (Å²) in [6.07, 6.45) is 21.8. The quantitative estimate of drug-likeness (QED) is 0.0525. The average Bonchev–Trinajstić information content (AvgIpc) is 3.39. The van der Waals surface area contributed by atoms with Gasteiger partial charge >= 0.3 is 7.68 Å². The molecule has 2 unspecified atom stereocenters. The highest BCUT2D eigenvalue weighted by molar-refractivity contribution is 8.76. The van der Waals surface area contributed by atoms with Gasteiger partial charge in [0.2, 0.25) is 0 Å². The van der Waals surface area contributed by atoms with Gasteiger partial charge in [0.25, 0.3) is 0 Å². The summed E-state index contributed by atoms with van der Waals surface area (Å²) < 4.78 is 33.5. The number of fused-ring (bicyclic) bond motifs is 1. The van der Waals surface area contributed by atoms with Crippen LogP contribution in [0.2, 0.25) is 0 Å². The molecule has 0 spiro atoms. The molecule has 2 N–H and O–H groups in total. The molecule has 0 aliphatic carbocycles. The number of unbranched alkanes of at least 4 members (excludes halogenated alkanes) is 13. The molecule has 0 aliphatic heterocycles. The van der Waals surface area contributed by atoms with E-state index in [1.165, 1.54) is 96.2 Å². The van der Waals surface area contributed by atoms with Crippen molar-refractivity contribution >= 4 is 52.0 Å². The number of ether oxygens (including phenoxy) is 1. The zero-order valence-electron chi connectivity index (χ0n) is 28.2. The molecule has 0 aromatic carbocycles. The number of carbonyl (C=O) groups excluding carboxylic acids is 1. The van der Waals surface area contributed by atoms with Crippen molar-refractivity contribution in [2.75, 3.05) is 17.2 Å². The maximum absolute atomic E-state index is 12.9. The van der Waals surface area contributed by atoms with Crippen LogP contribution in [0.1, 0.15) is 137 Å². The number of anilines is 1. The van der Waals surface area contributed by atoms with Crippen LogP contribution >= 0.6 is 29.3 Å². The first kappa shape index (κ1) is 39.8. The summed E-state index contributed by atoms with van der Waals surface area (Å²) in [4.78, 5) is 25.4. The Morgan fingerprint density at radius 1 is 0.889 bits per heavy atom. The summed E-state index contributed by atoms with van der Waals surface area (Å²) in [6, 6.07) is 0. The van der Waals surface area contributed by atoms with E-state index in [4.69, 9.17) is 10.5 Å². The van der Waals surface area contributed by atoms with Crippen LogP contribution in [0.3, 0.4) is 0 Å². The Balaban J connectivity index is 1.73. The standard InChI is InChI=1S/C33H58N5O4PS2/c1-5-6-7-8-9-10-11-12-13-14-15-16-17-18-20-44-45-21-19-33(43(40)41,23-29(39)22-27(2)3)42-28(4)24-38-26-37-30-31(34)35-25-36-32(30)38/h25-28H,5-24H2,1-4H3,(H2,34,35,36). The molecule has 12 heteroatoms. The van der Waals surface area contributed by atoms with Crippen molar-refractivity contribution in [2.45, 2.75) is 155 Å². The highest BCUT2D eigenvalue weighted by atomic mass is 33.1. The third-order valence-electron chi connectivity index (χ3n) is 7.99. The zero-order chi connectivity index (χ0) is 32.9. The summed E-state index contributed by atoms with van der Waals surface area (Å²) >= 11 is 0. The number of imidazole rings is 1. The highest BCUT2D eigenvalue weighted by Gasteiger charge is 2.41. The molecule has 0 amide bonds. The Hall–Kier alpha value is -1.42. The van der Waals surface area contributed by atoms with E-state index in [1.54, 1.807) is 32.5 Å². The number of nitrogens with two attached hydrogens (primary N) is 1. The summed E-state index contributed by atoms with van der Waals surface area (Å²) in [5.74, 6) is 1.97. The van der Waals surface area contributed by atoms with Crippen LogP contribution in [0.5, 0.6) is 0 Å². The van der Waals surface area contributed by atoms with E-state index in [-0.39, 0.29) is 30.4 Å². The third kappa shape index (κ3) is 15.8. The summed E-state index contributed by atoms with van der Waals surface area (Å²) in [6.45, 7) is 8.32. The number of hydrogen-bond donors (Lipinski definition) is 1. The van der Waals surface area contributed by atoms with Gasteiger partial charge in [0.15, 0.2) is 16.8 Å². The number of hydrogen-bond acceptors (Lipinski definition) is 10. The number of nitrogen functional groups attached to an aromatic ring is 1. The van der Waals surface area contributed by atoms with Gasteiger partial charge in [-0.25, -0.2) is 24.1 Å². The fourth-order valence-electron chi connectivity index (χ4n) is 5.62. The van der Waals surface area contributed by atoms with E-state index < -0.39 is 19.1 Å². The SMILES string of the molecule is CCCCCCCCCCCCCCCCSSCCC(CC(=O)CC(C)C)(OC(C)Cn1cnc2c(N)ncnc21)P(=O)=O. The maximum Gasteiger partial charge on any atom is 0.348 e. The first-order valence-electron chi connectivity index (χ1n) is 17.2. The Morgan fingerprint density at radius 3 is 2.04 bits per heavy atom. The van der Waals surface area contributed by atoms with E-state index in [1.807, 2.05) is 20.8 Å². The fourth-order valence-corrected chi connectivity index (χ4v) is 8.92. The molecule has 0 fully saturated rings. The Kier molecular flexibility index (Phi) is 20.3. The zero-order valence-corrected chi connectivity index (χ0v) is 30.7. The molecule has 0 saturated heterocycles. The number of aromatic nitrogens is 4. The molecule has 256 valence electrons. The predicted molar refractivity (Wildman–Crippen MR) is 190 cm³/mol. The van der Waals surface area contributed by atoms with Crippen molar-refractivity contribution in [3.8, 4) is 0 Å². The largest absolute Gasteiger partial charge is 0.382 e. The summed E-state index contributed by atoms with van der Waals surface area (Å²) in [7, 11) is 0.435. The first-order valence-corrected chi connectivity index (χ1v) is 20.8. The molecule has 0 saturated carbocycles. The molecule has 0 bridgehead atoms. The average molecular weight is 684 g/mol. The molecule has 2 atom stereocenters. The molecule has 0 radical (unpaired) electrons. The van der Waals surface area contributed by atoms with Crippen molar-refractivity contribution in [3.05, 3.63) is 12.7 Å². The highest BCUT2D eigenvalue weighted by Crippen LogP contribution is 2.42. The second-order valence-corrected chi connectivity index (χ2v) is 16.8. The minimum atomic E-state index is -3.02. The monoisotopic (exact) mass is 683 g/mol. The van der Waals surface area contributed by atoms with Gasteiger partial charge in [-0.1, -0.05) is 126 Å². The summed E-state index contributed by atoms with van der Waals surface area (Å²) in [5.41, 5.74) is 6.96. The van der Waals surface area contributed by atoms with Gasteiger partial charge in [-0.15, -0.1) is 0 Å². The van der Waals surface area contributed by atoms with Crippen LogP contribution in [0.4, 0.5) is 5.82 Å². The normalized spacial score (nSPS) is 13.8. The number of carbonyl (C=O) groups is 1. The third-order valence-corrected chi connectivity index (χ3v) is 11.6. The van der Waals surface area contributed by atoms with Crippen LogP contribution in [0.15, 0.2) is 12.7 Å².